The predicted octanol–water partition coefficient (Wildman–Crippen LogP) is 4.17. The van der Waals surface area contributed by atoms with E-state index in [0.717, 1.165) is 21.9 Å². The Morgan fingerprint density at radius 3 is 2.41 bits per heavy atom. The highest BCUT2D eigenvalue weighted by molar-refractivity contribution is 9.10. The van der Waals surface area contributed by atoms with Crippen molar-refractivity contribution in [2.24, 2.45) is 0 Å². The van der Waals surface area contributed by atoms with E-state index in [9.17, 15) is 14.0 Å². The van der Waals surface area contributed by atoms with Gasteiger partial charge in [0.25, 0.3) is 5.91 Å². The molecule has 29 heavy (non-hydrogen) atoms. The predicted molar refractivity (Wildman–Crippen MR) is 113 cm³/mol. The first kappa shape index (κ1) is 21.6. The van der Waals surface area contributed by atoms with Crippen LogP contribution >= 0.6 is 27.5 Å². The van der Waals surface area contributed by atoms with Crippen LogP contribution in [-0.4, -0.2) is 54.9 Å². The molecule has 1 aliphatic heterocycles. The van der Waals surface area contributed by atoms with Gasteiger partial charge in [-0.15, -0.1) is 0 Å². The molecule has 2 amide bonds. The number of rotatable bonds is 5. The van der Waals surface area contributed by atoms with Gasteiger partial charge in [-0.2, -0.15) is 0 Å². The van der Waals surface area contributed by atoms with Crippen molar-refractivity contribution in [3.05, 3.63) is 62.8 Å². The van der Waals surface area contributed by atoms with Gasteiger partial charge in [0, 0.05) is 32.6 Å². The Morgan fingerprint density at radius 1 is 1.10 bits per heavy atom. The lowest BCUT2D eigenvalue weighted by Gasteiger charge is -2.35. The van der Waals surface area contributed by atoms with Crippen molar-refractivity contribution in [3.8, 4) is 5.75 Å². The lowest BCUT2D eigenvalue weighted by Crippen LogP contribution is -2.50. The van der Waals surface area contributed by atoms with Gasteiger partial charge in [-0.3, -0.25) is 9.59 Å². The molecule has 154 valence electrons. The van der Waals surface area contributed by atoms with Crippen LogP contribution in [0.4, 0.5) is 4.39 Å². The van der Waals surface area contributed by atoms with E-state index in [4.69, 9.17) is 16.3 Å². The number of benzene rings is 2. The molecule has 0 radical (unpaired) electrons. The summed E-state index contributed by atoms with van der Waals surface area (Å²) in [5.41, 5.74) is 1.32. The number of methoxy groups -OCH3 is 1. The van der Waals surface area contributed by atoms with Crippen LogP contribution in [0.15, 0.2) is 40.9 Å². The third kappa shape index (κ3) is 5.28. The molecule has 0 unspecified atom stereocenters. The second-order valence-corrected chi connectivity index (χ2v) is 8.03. The minimum atomic E-state index is -0.481. The standard InChI is InChI=1S/C21H21BrClFN2O3/c1-29-19-6-2-14(12-17(19)22)3-7-20(27)25-8-10-26(11-9-25)21(28)16-5-4-15(24)13-18(16)23/h2,4-6,12-13H,3,7-11H2,1H3. The lowest BCUT2D eigenvalue weighted by atomic mass is 10.1. The molecule has 0 aromatic heterocycles. The Morgan fingerprint density at radius 2 is 1.79 bits per heavy atom. The van der Waals surface area contributed by atoms with Crippen molar-refractivity contribution in [2.45, 2.75) is 12.8 Å². The third-order valence-corrected chi connectivity index (χ3v) is 5.86. The summed E-state index contributed by atoms with van der Waals surface area (Å²) >= 11 is 9.44. The fourth-order valence-corrected chi connectivity index (χ4v) is 4.10. The van der Waals surface area contributed by atoms with Gasteiger partial charge in [0.2, 0.25) is 5.91 Å². The molecule has 1 aliphatic rings. The first-order chi connectivity index (χ1) is 13.9. The van der Waals surface area contributed by atoms with E-state index >= 15 is 0 Å². The molecule has 5 nitrogen and oxygen atoms in total. The molecule has 1 saturated heterocycles. The number of carbonyl (C=O) groups is 2. The van der Waals surface area contributed by atoms with Crippen molar-refractivity contribution >= 4 is 39.3 Å². The van der Waals surface area contributed by atoms with Gasteiger partial charge >= 0.3 is 0 Å². The van der Waals surface area contributed by atoms with Gasteiger partial charge in [-0.05, 0) is 58.2 Å². The summed E-state index contributed by atoms with van der Waals surface area (Å²) in [6.45, 7) is 1.78. The monoisotopic (exact) mass is 482 g/mol. The van der Waals surface area contributed by atoms with Crippen LogP contribution in [0.25, 0.3) is 0 Å². The Hall–Kier alpha value is -2.12. The number of halogens is 3. The van der Waals surface area contributed by atoms with E-state index in [0.29, 0.717) is 39.0 Å². The molecule has 2 aromatic rings. The fourth-order valence-electron chi connectivity index (χ4n) is 3.27. The Labute approximate surface area is 182 Å². The summed E-state index contributed by atoms with van der Waals surface area (Å²) in [5.74, 6) is 0.0852. The minimum Gasteiger partial charge on any atom is -0.496 e. The highest BCUT2D eigenvalue weighted by atomic mass is 79.9. The molecule has 0 N–H and O–H groups in total. The molecule has 0 aliphatic carbocycles. The van der Waals surface area contributed by atoms with Gasteiger partial charge < -0.3 is 14.5 Å². The van der Waals surface area contributed by atoms with Gasteiger partial charge in [0.05, 0.1) is 22.2 Å². The van der Waals surface area contributed by atoms with E-state index in [2.05, 4.69) is 15.9 Å². The van der Waals surface area contributed by atoms with E-state index in [-0.39, 0.29) is 22.4 Å². The van der Waals surface area contributed by atoms with Gasteiger partial charge in [0.15, 0.2) is 0 Å². The summed E-state index contributed by atoms with van der Waals surface area (Å²) in [6, 6.07) is 9.51. The van der Waals surface area contributed by atoms with Crippen molar-refractivity contribution in [2.75, 3.05) is 33.3 Å². The first-order valence-electron chi connectivity index (χ1n) is 9.23. The normalized spacial score (nSPS) is 14.1. The first-order valence-corrected chi connectivity index (χ1v) is 10.4. The molecule has 0 atom stereocenters. The van der Waals surface area contributed by atoms with Crippen LogP contribution in [0, 0.1) is 5.82 Å². The Bertz CT molecular complexity index is 917. The van der Waals surface area contributed by atoms with Crippen molar-refractivity contribution < 1.29 is 18.7 Å². The zero-order chi connectivity index (χ0) is 21.0. The summed E-state index contributed by atoms with van der Waals surface area (Å²) in [4.78, 5) is 28.6. The Kier molecular flexibility index (Phi) is 7.14. The number of hydrogen-bond donors (Lipinski definition) is 0. The smallest absolute Gasteiger partial charge is 0.255 e. The third-order valence-electron chi connectivity index (χ3n) is 4.92. The number of ether oxygens (including phenoxy) is 1. The number of carbonyl (C=O) groups excluding carboxylic acids is 2. The van der Waals surface area contributed by atoms with Crippen molar-refractivity contribution in [1.82, 2.24) is 9.80 Å². The maximum atomic E-state index is 13.2. The maximum Gasteiger partial charge on any atom is 0.255 e. The number of amides is 2. The molecular formula is C21H21BrClFN2O3. The van der Waals surface area contributed by atoms with Crippen molar-refractivity contribution in [3.63, 3.8) is 0 Å². The van der Waals surface area contributed by atoms with Gasteiger partial charge in [-0.1, -0.05) is 17.7 Å². The highest BCUT2D eigenvalue weighted by Gasteiger charge is 2.25. The molecular weight excluding hydrogens is 463 g/mol. The summed E-state index contributed by atoms with van der Waals surface area (Å²) in [6.07, 6.45) is 1.03. The molecule has 0 saturated carbocycles. The molecule has 2 aromatic carbocycles. The van der Waals surface area contributed by atoms with Crippen LogP contribution < -0.4 is 4.74 Å². The second kappa shape index (κ2) is 9.59. The lowest BCUT2D eigenvalue weighted by molar-refractivity contribution is -0.132. The summed E-state index contributed by atoms with van der Waals surface area (Å²) < 4.78 is 19.3. The zero-order valence-electron chi connectivity index (χ0n) is 16.0. The van der Waals surface area contributed by atoms with Crippen LogP contribution in [0.5, 0.6) is 5.75 Å². The average molecular weight is 484 g/mol. The largest absolute Gasteiger partial charge is 0.496 e. The van der Waals surface area contributed by atoms with E-state index in [1.807, 2.05) is 18.2 Å². The zero-order valence-corrected chi connectivity index (χ0v) is 18.3. The quantitative estimate of drug-likeness (QED) is 0.641. The van der Waals surface area contributed by atoms with Crippen LogP contribution in [0.3, 0.4) is 0 Å². The summed E-state index contributed by atoms with van der Waals surface area (Å²) in [5, 5.41) is 0.0964. The van der Waals surface area contributed by atoms with Crippen LogP contribution in [0.2, 0.25) is 5.02 Å². The molecule has 8 heteroatoms. The molecule has 1 fully saturated rings. The number of piperazine rings is 1. The number of nitrogens with zero attached hydrogens (tertiary/aromatic N) is 2. The molecule has 0 spiro atoms. The Balaban J connectivity index is 1.51. The van der Waals surface area contributed by atoms with Gasteiger partial charge in [0.1, 0.15) is 11.6 Å². The molecule has 3 rings (SSSR count). The van der Waals surface area contributed by atoms with Crippen LogP contribution in [0.1, 0.15) is 22.3 Å². The van der Waals surface area contributed by atoms with Crippen molar-refractivity contribution in [1.29, 1.82) is 0 Å². The fraction of sp³-hybridized carbons (Fsp3) is 0.333. The maximum absolute atomic E-state index is 13.2. The van der Waals surface area contributed by atoms with E-state index in [1.165, 1.54) is 12.1 Å². The summed E-state index contributed by atoms with van der Waals surface area (Å²) in [7, 11) is 1.61. The van der Waals surface area contributed by atoms with Crippen LogP contribution in [-0.2, 0) is 11.2 Å². The number of aryl methyl sites for hydroxylation is 1. The average Bonchev–Trinajstić information content (AvgIpc) is 2.72. The van der Waals surface area contributed by atoms with E-state index < -0.39 is 5.82 Å². The highest BCUT2D eigenvalue weighted by Crippen LogP contribution is 2.26. The van der Waals surface area contributed by atoms with Gasteiger partial charge in [-0.25, -0.2) is 4.39 Å². The second-order valence-electron chi connectivity index (χ2n) is 6.77. The number of hydrogen-bond acceptors (Lipinski definition) is 3. The molecule has 0 bridgehead atoms. The van der Waals surface area contributed by atoms with E-state index in [1.54, 1.807) is 16.9 Å². The SMILES string of the molecule is COc1ccc(CCC(=O)N2CCN(C(=O)c3ccc(F)cc3Cl)CC2)cc1Br. The minimum absolute atomic E-state index is 0.0591. The molecule has 1 heterocycles. The topological polar surface area (TPSA) is 49.9 Å².